The summed E-state index contributed by atoms with van der Waals surface area (Å²) in [6.45, 7) is 0. The monoisotopic (exact) mass is 237 g/mol. The van der Waals surface area contributed by atoms with Crippen molar-refractivity contribution >= 4 is 9.84 Å². The Balaban J connectivity index is 2.47. The lowest BCUT2D eigenvalue weighted by molar-refractivity contribution is 0.601. The summed E-state index contributed by atoms with van der Waals surface area (Å²) in [7, 11) is -3.05. The average Bonchev–Trinajstić information content (AvgIpc) is 2.69. The van der Waals surface area contributed by atoms with Crippen LogP contribution in [0.3, 0.4) is 0 Å². The van der Waals surface area contributed by atoms with Gasteiger partial charge in [0.15, 0.2) is 9.84 Å². The lowest BCUT2D eigenvalue weighted by atomic mass is 10.2. The van der Waals surface area contributed by atoms with Gasteiger partial charge in [-0.25, -0.2) is 13.1 Å². The highest BCUT2D eigenvalue weighted by Crippen LogP contribution is 2.15. The Morgan fingerprint density at radius 3 is 2.69 bits per heavy atom. The van der Waals surface area contributed by atoms with Gasteiger partial charge in [-0.1, -0.05) is 23.4 Å². The van der Waals surface area contributed by atoms with Crippen molar-refractivity contribution in [2.75, 3.05) is 6.26 Å². The lowest BCUT2D eigenvalue weighted by Crippen LogP contribution is -2.06. The van der Waals surface area contributed by atoms with Crippen molar-refractivity contribution in [1.82, 2.24) is 15.0 Å². The number of aromatic nitrogens is 3. The third kappa shape index (κ3) is 2.46. The molecule has 0 radical (unpaired) electrons. The molecular formula is C10H11N3O2S. The number of hydrogen-bond acceptors (Lipinski definition) is 4. The first-order valence-electron chi connectivity index (χ1n) is 4.68. The predicted molar refractivity (Wildman–Crippen MR) is 59.9 cm³/mol. The minimum Gasteiger partial charge on any atom is -0.229 e. The number of hydrogen-bond donors (Lipinski definition) is 0. The number of nitrogens with zero attached hydrogens (tertiary/aromatic N) is 3. The van der Waals surface area contributed by atoms with E-state index in [9.17, 15) is 8.42 Å². The van der Waals surface area contributed by atoms with E-state index in [0.717, 1.165) is 11.3 Å². The van der Waals surface area contributed by atoms with Gasteiger partial charge in [-0.15, -0.1) is 5.10 Å². The van der Waals surface area contributed by atoms with Crippen molar-refractivity contribution in [1.29, 1.82) is 0 Å². The van der Waals surface area contributed by atoms with Crippen molar-refractivity contribution in [3.05, 3.63) is 42.2 Å². The molecule has 0 N–H and O–H groups in total. The average molecular weight is 237 g/mol. The van der Waals surface area contributed by atoms with E-state index >= 15 is 0 Å². The molecule has 6 heteroatoms. The van der Waals surface area contributed by atoms with E-state index in [-0.39, 0.29) is 5.75 Å². The number of rotatable bonds is 3. The summed E-state index contributed by atoms with van der Waals surface area (Å²) in [4.78, 5) is 0. The van der Waals surface area contributed by atoms with Gasteiger partial charge in [0.25, 0.3) is 0 Å². The van der Waals surface area contributed by atoms with Gasteiger partial charge in [0.1, 0.15) is 0 Å². The summed E-state index contributed by atoms with van der Waals surface area (Å²) in [6, 6.07) is 7.23. The van der Waals surface area contributed by atoms with Crippen LogP contribution in [-0.2, 0) is 15.6 Å². The molecule has 1 aromatic carbocycles. The maximum atomic E-state index is 11.3. The van der Waals surface area contributed by atoms with Crippen molar-refractivity contribution in [2.24, 2.45) is 0 Å². The molecule has 1 heterocycles. The van der Waals surface area contributed by atoms with E-state index < -0.39 is 9.84 Å². The number of para-hydroxylation sites is 1. The van der Waals surface area contributed by atoms with Gasteiger partial charge in [0.2, 0.25) is 0 Å². The summed E-state index contributed by atoms with van der Waals surface area (Å²) in [5, 5.41) is 7.55. The Kier molecular flexibility index (Phi) is 2.74. The molecule has 2 rings (SSSR count). The molecule has 1 aromatic heterocycles. The molecule has 0 bridgehead atoms. The second-order valence-electron chi connectivity index (χ2n) is 3.55. The number of sulfone groups is 1. The summed E-state index contributed by atoms with van der Waals surface area (Å²) in [6.07, 6.45) is 4.45. The van der Waals surface area contributed by atoms with Crippen LogP contribution in [0.25, 0.3) is 5.69 Å². The summed E-state index contributed by atoms with van der Waals surface area (Å²) in [5.74, 6) is 0.00301. The van der Waals surface area contributed by atoms with Crippen LogP contribution < -0.4 is 0 Å². The fraction of sp³-hybridized carbons (Fsp3) is 0.200. The minimum absolute atomic E-state index is 0.00301. The second-order valence-corrected chi connectivity index (χ2v) is 5.69. The van der Waals surface area contributed by atoms with Gasteiger partial charge < -0.3 is 0 Å². The third-order valence-electron chi connectivity index (χ3n) is 2.08. The van der Waals surface area contributed by atoms with Crippen LogP contribution in [-0.4, -0.2) is 29.7 Å². The van der Waals surface area contributed by atoms with Crippen LogP contribution in [0.5, 0.6) is 0 Å². The summed E-state index contributed by atoms with van der Waals surface area (Å²) >= 11 is 0. The van der Waals surface area contributed by atoms with Crippen LogP contribution in [0, 0.1) is 0 Å². The Morgan fingerprint density at radius 1 is 1.31 bits per heavy atom. The van der Waals surface area contributed by atoms with Gasteiger partial charge in [0, 0.05) is 6.26 Å². The molecular weight excluding hydrogens is 226 g/mol. The van der Waals surface area contributed by atoms with Gasteiger partial charge in [0.05, 0.1) is 23.8 Å². The van der Waals surface area contributed by atoms with E-state index in [4.69, 9.17) is 0 Å². The number of benzene rings is 1. The second kappa shape index (κ2) is 4.05. The molecule has 0 amide bonds. The SMILES string of the molecule is CS(=O)(=O)Cc1ccccc1-n1ccnn1. The Bertz CT molecular complexity index is 576. The first-order valence-corrected chi connectivity index (χ1v) is 6.75. The molecule has 0 aliphatic rings. The Morgan fingerprint density at radius 2 is 2.06 bits per heavy atom. The van der Waals surface area contributed by atoms with Crippen LogP contribution in [0.2, 0.25) is 0 Å². The van der Waals surface area contributed by atoms with Crippen molar-refractivity contribution in [2.45, 2.75) is 5.75 Å². The van der Waals surface area contributed by atoms with Gasteiger partial charge in [-0.3, -0.25) is 0 Å². The van der Waals surface area contributed by atoms with Crippen molar-refractivity contribution < 1.29 is 8.42 Å². The van der Waals surface area contributed by atoms with E-state index in [1.165, 1.54) is 6.26 Å². The normalized spacial score (nSPS) is 11.6. The molecule has 2 aromatic rings. The minimum atomic E-state index is -3.05. The lowest BCUT2D eigenvalue weighted by Gasteiger charge is -2.07. The van der Waals surface area contributed by atoms with Crippen LogP contribution in [0.4, 0.5) is 0 Å². The molecule has 0 spiro atoms. The quantitative estimate of drug-likeness (QED) is 0.792. The molecule has 0 aliphatic carbocycles. The molecule has 0 atom stereocenters. The van der Waals surface area contributed by atoms with Crippen LogP contribution >= 0.6 is 0 Å². The topological polar surface area (TPSA) is 64.8 Å². The fourth-order valence-corrected chi connectivity index (χ4v) is 2.28. The maximum absolute atomic E-state index is 11.3. The van der Waals surface area contributed by atoms with Gasteiger partial charge in [-0.2, -0.15) is 0 Å². The largest absolute Gasteiger partial charge is 0.229 e. The molecule has 0 aliphatic heterocycles. The Labute approximate surface area is 93.6 Å². The summed E-state index contributed by atoms with van der Waals surface area (Å²) in [5.41, 5.74) is 1.46. The fourth-order valence-electron chi connectivity index (χ4n) is 1.48. The molecule has 0 saturated heterocycles. The zero-order valence-electron chi connectivity index (χ0n) is 8.74. The van der Waals surface area contributed by atoms with E-state index in [1.54, 1.807) is 29.2 Å². The highest BCUT2D eigenvalue weighted by molar-refractivity contribution is 7.89. The predicted octanol–water partition coefficient (Wildman–Crippen LogP) is 0.812. The summed E-state index contributed by atoms with van der Waals surface area (Å²) < 4.78 is 24.1. The van der Waals surface area contributed by atoms with Crippen LogP contribution in [0.15, 0.2) is 36.7 Å². The van der Waals surface area contributed by atoms with E-state index in [0.29, 0.717) is 0 Å². The zero-order valence-corrected chi connectivity index (χ0v) is 9.55. The first-order chi connectivity index (χ1) is 7.56. The molecule has 0 unspecified atom stereocenters. The van der Waals surface area contributed by atoms with Crippen molar-refractivity contribution in [3.8, 4) is 5.69 Å². The molecule has 84 valence electrons. The maximum Gasteiger partial charge on any atom is 0.151 e. The highest BCUT2D eigenvalue weighted by Gasteiger charge is 2.10. The molecule has 5 nitrogen and oxygen atoms in total. The Hall–Kier alpha value is -1.69. The molecule has 16 heavy (non-hydrogen) atoms. The van der Waals surface area contributed by atoms with E-state index in [2.05, 4.69) is 10.3 Å². The third-order valence-corrected chi connectivity index (χ3v) is 2.91. The molecule has 0 saturated carbocycles. The van der Waals surface area contributed by atoms with Gasteiger partial charge >= 0.3 is 0 Å². The highest BCUT2D eigenvalue weighted by atomic mass is 32.2. The van der Waals surface area contributed by atoms with E-state index in [1.807, 2.05) is 12.1 Å². The zero-order chi connectivity index (χ0) is 11.6. The molecule has 0 fully saturated rings. The standard InChI is InChI=1S/C10H11N3O2S/c1-16(14,15)8-9-4-2-3-5-10(9)13-7-6-11-12-13/h2-7H,8H2,1H3. The van der Waals surface area contributed by atoms with Gasteiger partial charge in [-0.05, 0) is 11.6 Å². The van der Waals surface area contributed by atoms with Crippen molar-refractivity contribution in [3.63, 3.8) is 0 Å². The smallest absolute Gasteiger partial charge is 0.151 e. The van der Waals surface area contributed by atoms with Crippen LogP contribution in [0.1, 0.15) is 5.56 Å². The first kappa shape index (κ1) is 10.8.